The van der Waals surface area contributed by atoms with E-state index in [0.29, 0.717) is 0 Å². The Hall–Kier alpha value is -2.41. The van der Waals surface area contributed by atoms with Crippen LogP contribution in [0.1, 0.15) is 37.9 Å². The Morgan fingerprint density at radius 3 is 2.11 bits per heavy atom. The van der Waals surface area contributed by atoms with Gasteiger partial charge in [0, 0.05) is 0 Å². The molecule has 0 aromatic heterocycles. The minimum Gasteiger partial charge on any atom is -0.348 e. The van der Waals surface area contributed by atoms with Gasteiger partial charge in [0.2, 0.25) is 15.9 Å². The third kappa shape index (κ3) is 5.29. The van der Waals surface area contributed by atoms with Crippen LogP contribution in [-0.2, 0) is 21.2 Å². The van der Waals surface area contributed by atoms with E-state index in [1.807, 2.05) is 31.2 Å². The molecule has 2 rings (SSSR count). The van der Waals surface area contributed by atoms with E-state index in [2.05, 4.69) is 12.2 Å². The van der Waals surface area contributed by atoms with E-state index in [0.717, 1.165) is 34.7 Å². The molecule has 7 heteroatoms. The zero-order valence-electron chi connectivity index (χ0n) is 15.9. The Morgan fingerprint density at radius 2 is 1.63 bits per heavy atom. The molecule has 5 nitrogen and oxygen atoms in total. The fourth-order valence-corrected chi connectivity index (χ4v) is 4.03. The fraction of sp³-hybridized carbons (Fsp3) is 0.350. The van der Waals surface area contributed by atoms with Crippen LogP contribution in [0.4, 0.5) is 10.1 Å². The summed E-state index contributed by atoms with van der Waals surface area (Å²) in [5.74, 6) is -0.912. The van der Waals surface area contributed by atoms with E-state index in [-0.39, 0.29) is 11.7 Å². The standard InChI is InChI=1S/C20H25FN2O3S/c1-5-16-6-8-17(9-7-16)14(2)22-20(24)15(3)23(27(4,25)26)19-12-10-18(21)11-13-19/h6-15H,5H2,1-4H3,(H,22,24). The smallest absolute Gasteiger partial charge is 0.244 e. The maximum Gasteiger partial charge on any atom is 0.244 e. The highest BCUT2D eigenvalue weighted by Gasteiger charge is 2.29. The minimum absolute atomic E-state index is 0.238. The van der Waals surface area contributed by atoms with Gasteiger partial charge in [0.1, 0.15) is 11.9 Å². The molecule has 27 heavy (non-hydrogen) atoms. The second-order valence-corrected chi connectivity index (χ2v) is 8.40. The minimum atomic E-state index is -3.73. The summed E-state index contributed by atoms with van der Waals surface area (Å²) in [5.41, 5.74) is 2.37. The highest BCUT2D eigenvalue weighted by Crippen LogP contribution is 2.22. The quantitative estimate of drug-likeness (QED) is 0.785. The molecule has 0 aliphatic rings. The molecule has 1 amide bonds. The van der Waals surface area contributed by atoms with Crippen LogP contribution in [0, 0.1) is 5.82 Å². The Morgan fingerprint density at radius 1 is 1.07 bits per heavy atom. The number of rotatable bonds is 7. The zero-order chi connectivity index (χ0) is 20.2. The number of nitrogens with one attached hydrogen (secondary N) is 1. The van der Waals surface area contributed by atoms with Crippen LogP contribution >= 0.6 is 0 Å². The Bertz CT molecular complexity index is 880. The highest BCUT2D eigenvalue weighted by atomic mass is 32.2. The number of halogens is 1. The van der Waals surface area contributed by atoms with Crippen LogP contribution in [0.3, 0.4) is 0 Å². The van der Waals surface area contributed by atoms with Crippen molar-refractivity contribution in [1.29, 1.82) is 0 Å². The van der Waals surface area contributed by atoms with E-state index in [1.54, 1.807) is 0 Å². The lowest BCUT2D eigenvalue weighted by atomic mass is 10.0. The number of carbonyl (C=O) groups excluding carboxylic acids is 1. The molecule has 0 saturated heterocycles. The van der Waals surface area contributed by atoms with Crippen molar-refractivity contribution in [2.75, 3.05) is 10.6 Å². The lowest BCUT2D eigenvalue weighted by molar-refractivity contribution is -0.122. The molecule has 0 radical (unpaired) electrons. The van der Waals surface area contributed by atoms with Crippen molar-refractivity contribution < 1.29 is 17.6 Å². The van der Waals surface area contributed by atoms with Crippen molar-refractivity contribution in [2.24, 2.45) is 0 Å². The van der Waals surface area contributed by atoms with Crippen LogP contribution in [0.25, 0.3) is 0 Å². The van der Waals surface area contributed by atoms with E-state index in [4.69, 9.17) is 0 Å². The first kappa shape index (κ1) is 20.9. The topological polar surface area (TPSA) is 66.5 Å². The van der Waals surface area contributed by atoms with E-state index < -0.39 is 27.8 Å². The third-order valence-corrected chi connectivity index (χ3v) is 5.66. The number of sulfonamides is 1. The molecule has 0 heterocycles. The number of benzene rings is 2. The first-order valence-electron chi connectivity index (χ1n) is 8.77. The van der Waals surface area contributed by atoms with Gasteiger partial charge < -0.3 is 5.32 Å². The second kappa shape index (κ2) is 8.52. The van der Waals surface area contributed by atoms with Crippen molar-refractivity contribution in [3.63, 3.8) is 0 Å². The first-order valence-corrected chi connectivity index (χ1v) is 10.6. The summed E-state index contributed by atoms with van der Waals surface area (Å²) in [4.78, 5) is 12.7. The predicted octanol–water partition coefficient (Wildman–Crippen LogP) is 3.42. The van der Waals surface area contributed by atoms with Crippen LogP contribution in [0.15, 0.2) is 48.5 Å². The van der Waals surface area contributed by atoms with Gasteiger partial charge in [0.25, 0.3) is 0 Å². The molecule has 2 unspecified atom stereocenters. The van der Waals surface area contributed by atoms with Gasteiger partial charge >= 0.3 is 0 Å². The molecule has 0 spiro atoms. The lowest BCUT2D eigenvalue weighted by Crippen LogP contribution is -2.48. The van der Waals surface area contributed by atoms with Gasteiger partial charge in [-0.3, -0.25) is 9.10 Å². The highest BCUT2D eigenvalue weighted by molar-refractivity contribution is 7.92. The number of carbonyl (C=O) groups is 1. The molecule has 2 aromatic carbocycles. The SMILES string of the molecule is CCc1ccc(C(C)NC(=O)C(C)N(c2ccc(F)cc2)S(C)(=O)=O)cc1. The van der Waals surface area contributed by atoms with Crippen molar-refractivity contribution in [2.45, 2.75) is 39.3 Å². The molecule has 146 valence electrons. The van der Waals surface area contributed by atoms with Crippen LogP contribution in [0.5, 0.6) is 0 Å². The summed E-state index contributed by atoms with van der Waals surface area (Å²) >= 11 is 0. The lowest BCUT2D eigenvalue weighted by Gasteiger charge is -2.29. The van der Waals surface area contributed by atoms with Crippen LogP contribution < -0.4 is 9.62 Å². The molecule has 0 bridgehead atoms. The maximum atomic E-state index is 13.2. The fourth-order valence-electron chi connectivity index (χ4n) is 2.86. The van der Waals surface area contributed by atoms with Gasteiger partial charge in [-0.15, -0.1) is 0 Å². The molecular formula is C20H25FN2O3S. The molecule has 0 aliphatic carbocycles. The van der Waals surface area contributed by atoms with Gasteiger partial charge in [-0.25, -0.2) is 12.8 Å². The van der Waals surface area contributed by atoms with Crippen molar-refractivity contribution >= 4 is 21.6 Å². The Labute approximate surface area is 160 Å². The van der Waals surface area contributed by atoms with Gasteiger partial charge in [-0.2, -0.15) is 0 Å². The van der Waals surface area contributed by atoms with Gasteiger partial charge in [0.15, 0.2) is 0 Å². The zero-order valence-corrected chi connectivity index (χ0v) is 16.8. The van der Waals surface area contributed by atoms with E-state index in [1.165, 1.54) is 24.6 Å². The Balaban J connectivity index is 2.20. The van der Waals surface area contributed by atoms with Crippen molar-refractivity contribution in [1.82, 2.24) is 5.32 Å². The summed E-state index contributed by atoms with van der Waals surface area (Å²) in [5, 5.41) is 2.85. The average molecular weight is 392 g/mol. The number of amides is 1. The molecule has 1 N–H and O–H groups in total. The third-order valence-electron chi connectivity index (χ3n) is 4.42. The second-order valence-electron chi connectivity index (χ2n) is 6.54. The van der Waals surface area contributed by atoms with Crippen LogP contribution in [-0.4, -0.2) is 26.6 Å². The predicted molar refractivity (Wildman–Crippen MR) is 106 cm³/mol. The summed E-state index contributed by atoms with van der Waals surface area (Å²) in [7, 11) is -3.73. The average Bonchev–Trinajstić information content (AvgIpc) is 2.62. The number of nitrogens with zero attached hydrogens (tertiary/aromatic N) is 1. The monoisotopic (exact) mass is 392 g/mol. The number of hydrogen-bond acceptors (Lipinski definition) is 3. The number of aryl methyl sites for hydroxylation is 1. The largest absolute Gasteiger partial charge is 0.348 e. The molecule has 2 atom stereocenters. The molecular weight excluding hydrogens is 367 g/mol. The van der Waals surface area contributed by atoms with Gasteiger partial charge in [0.05, 0.1) is 18.0 Å². The van der Waals surface area contributed by atoms with Crippen molar-refractivity contribution in [3.8, 4) is 0 Å². The summed E-state index contributed by atoms with van der Waals surface area (Å²) in [6, 6.07) is 11.6. The molecule has 0 aliphatic heterocycles. The van der Waals surface area contributed by atoms with E-state index >= 15 is 0 Å². The Kier molecular flexibility index (Phi) is 6.59. The van der Waals surface area contributed by atoms with Gasteiger partial charge in [-0.1, -0.05) is 31.2 Å². The molecule has 2 aromatic rings. The van der Waals surface area contributed by atoms with E-state index in [9.17, 15) is 17.6 Å². The first-order chi connectivity index (χ1) is 12.6. The van der Waals surface area contributed by atoms with Crippen LogP contribution in [0.2, 0.25) is 0 Å². The molecule has 0 saturated carbocycles. The normalized spacial score (nSPS) is 13.7. The van der Waals surface area contributed by atoms with Gasteiger partial charge in [-0.05, 0) is 55.7 Å². The summed E-state index contributed by atoms with van der Waals surface area (Å²) in [6.07, 6.45) is 1.95. The summed E-state index contributed by atoms with van der Waals surface area (Å²) < 4.78 is 38.6. The summed E-state index contributed by atoms with van der Waals surface area (Å²) in [6.45, 7) is 5.41. The van der Waals surface area contributed by atoms with Crippen molar-refractivity contribution in [3.05, 3.63) is 65.5 Å². The molecule has 0 fully saturated rings. The number of anilines is 1. The number of hydrogen-bond donors (Lipinski definition) is 1. The maximum absolute atomic E-state index is 13.2.